The summed E-state index contributed by atoms with van der Waals surface area (Å²) in [5.74, 6) is 1.83. The van der Waals surface area contributed by atoms with Gasteiger partial charge in [0.05, 0.1) is 18.6 Å². The number of nitrogens with one attached hydrogen (secondary N) is 1. The summed E-state index contributed by atoms with van der Waals surface area (Å²) in [5.41, 5.74) is 0. The Labute approximate surface area is 156 Å². The summed E-state index contributed by atoms with van der Waals surface area (Å²) in [5, 5.41) is 3.46. The van der Waals surface area contributed by atoms with Crippen molar-refractivity contribution in [2.24, 2.45) is 16.8 Å². The van der Waals surface area contributed by atoms with Gasteiger partial charge < -0.3 is 14.8 Å². The molecule has 0 aliphatic carbocycles. The van der Waals surface area contributed by atoms with Gasteiger partial charge >= 0.3 is 0 Å². The minimum atomic E-state index is -3.08. The van der Waals surface area contributed by atoms with Crippen molar-refractivity contribution in [3.05, 3.63) is 18.7 Å². The lowest BCUT2D eigenvalue weighted by Gasteiger charge is -2.39. The highest BCUT2D eigenvalue weighted by Gasteiger charge is 2.31. The second kappa shape index (κ2) is 7.96. The van der Waals surface area contributed by atoms with E-state index in [0.29, 0.717) is 31.0 Å². The molecule has 1 aromatic heterocycles. The average Bonchev–Trinajstić information content (AvgIpc) is 3.27. The molecular formula is C17H30N6O2S. The molecule has 2 aliphatic rings. The fourth-order valence-electron chi connectivity index (χ4n) is 3.93. The van der Waals surface area contributed by atoms with Crippen molar-refractivity contribution >= 4 is 16.0 Å². The molecule has 0 radical (unpaired) electrons. The molecule has 8 nitrogen and oxygen atoms in total. The Bertz CT molecular complexity index is 718. The molecule has 26 heavy (non-hydrogen) atoms. The van der Waals surface area contributed by atoms with Crippen LogP contribution in [0.3, 0.4) is 0 Å². The van der Waals surface area contributed by atoms with E-state index in [1.165, 1.54) is 6.26 Å². The Hall–Kier alpha value is -1.61. The normalized spacial score (nSPS) is 28.5. The SMILES string of the molecule is CN=C(NCC1CCN(S(C)(=O)=O)C1)N1CCC(C)C(n2ccnc2)C1. The van der Waals surface area contributed by atoms with Gasteiger partial charge in [-0.2, -0.15) is 0 Å². The van der Waals surface area contributed by atoms with Gasteiger partial charge in [0, 0.05) is 52.2 Å². The monoisotopic (exact) mass is 382 g/mol. The number of hydrogen-bond acceptors (Lipinski definition) is 4. The van der Waals surface area contributed by atoms with Crippen LogP contribution in [0.25, 0.3) is 0 Å². The van der Waals surface area contributed by atoms with Crippen LogP contribution in [0.15, 0.2) is 23.7 Å². The first-order chi connectivity index (χ1) is 12.4. The predicted molar refractivity (Wildman–Crippen MR) is 103 cm³/mol. The fourth-order valence-corrected chi connectivity index (χ4v) is 4.85. The van der Waals surface area contributed by atoms with Gasteiger partial charge in [0.15, 0.2) is 5.96 Å². The zero-order chi connectivity index (χ0) is 18.7. The maximum atomic E-state index is 11.7. The van der Waals surface area contributed by atoms with Gasteiger partial charge in [0.1, 0.15) is 0 Å². The standard InChI is InChI=1S/C17H30N6O2S/c1-14-4-7-21(12-16(14)22-9-6-19-13-22)17(18-2)20-10-15-5-8-23(11-15)26(3,24)25/h6,9,13-16H,4-5,7-8,10-12H2,1-3H3,(H,18,20). The summed E-state index contributed by atoms with van der Waals surface area (Å²) in [4.78, 5) is 10.9. The molecule has 0 aromatic carbocycles. The number of aliphatic imine (C=N–C) groups is 1. The highest BCUT2D eigenvalue weighted by Crippen LogP contribution is 2.27. The van der Waals surface area contributed by atoms with Crippen LogP contribution in [-0.4, -0.2) is 79.2 Å². The number of hydrogen-bond donors (Lipinski definition) is 1. The molecule has 0 saturated carbocycles. The van der Waals surface area contributed by atoms with Crippen LogP contribution in [-0.2, 0) is 10.0 Å². The Morgan fingerprint density at radius 3 is 2.73 bits per heavy atom. The van der Waals surface area contributed by atoms with E-state index in [0.717, 1.165) is 38.4 Å². The maximum Gasteiger partial charge on any atom is 0.211 e. The molecule has 0 spiro atoms. The van der Waals surface area contributed by atoms with Gasteiger partial charge in [-0.3, -0.25) is 4.99 Å². The fraction of sp³-hybridized carbons (Fsp3) is 0.765. The minimum Gasteiger partial charge on any atom is -0.356 e. The van der Waals surface area contributed by atoms with E-state index in [-0.39, 0.29) is 0 Å². The van der Waals surface area contributed by atoms with Crippen LogP contribution < -0.4 is 5.32 Å². The lowest BCUT2D eigenvalue weighted by atomic mass is 9.93. The molecule has 2 fully saturated rings. The quantitative estimate of drug-likeness (QED) is 0.610. The first-order valence-corrected chi connectivity index (χ1v) is 11.1. The summed E-state index contributed by atoms with van der Waals surface area (Å²) in [6, 6.07) is 0.386. The Morgan fingerprint density at radius 2 is 2.12 bits per heavy atom. The molecule has 3 unspecified atom stereocenters. The topological polar surface area (TPSA) is 82.8 Å². The average molecular weight is 383 g/mol. The van der Waals surface area contributed by atoms with Crippen molar-refractivity contribution in [1.29, 1.82) is 0 Å². The molecule has 9 heteroatoms. The number of likely N-dealkylation sites (tertiary alicyclic amines) is 1. The molecule has 0 bridgehead atoms. The first kappa shape index (κ1) is 19.2. The van der Waals surface area contributed by atoms with Gasteiger partial charge in [-0.25, -0.2) is 17.7 Å². The zero-order valence-electron chi connectivity index (χ0n) is 15.9. The molecule has 3 atom stereocenters. The van der Waals surface area contributed by atoms with E-state index < -0.39 is 10.0 Å². The second-order valence-corrected chi connectivity index (χ2v) is 9.48. The van der Waals surface area contributed by atoms with Gasteiger partial charge in [0.2, 0.25) is 10.0 Å². The van der Waals surface area contributed by atoms with Gasteiger partial charge in [0.25, 0.3) is 0 Å². The van der Waals surface area contributed by atoms with Crippen molar-refractivity contribution in [2.45, 2.75) is 25.8 Å². The van der Waals surface area contributed by atoms with E-state index in [1.54, 1.807) is 4.31 Å². The van der Waals surface area contributed by atoms with E-state index in [9.17, 15) is 8.42 Å². The van der Waals surface area contributed by atoms with Crippen molar-refractivity contribution in [3.8, 4) is 0 Å². The van der Waals surface area contributed by atoms with Gasteiger partial charge in [-0.05, 0) is 24.7 Å². The molecule has 0 amide bonds. The van der Waals surface area contributed by atoms with Crippen LogP contribution >= 0.6 is 0 Å². The summed E-state index contributed by atoms with van der Waals surface area (Å²) < 4.78 is 27.1. The molecule has 3 rings (SSSR count). The van der Waals surface area contributed by atoms with Crippen molar-refractivity contribution in [3.63, 3.8) is 0 Å². The third-order valence-electron chi connectivity index (χ3n) is 5.60. The van der Waals surface area contributed by atoms with Crippen LogP contribution in [0.1, 0.15) is 25.8 Å². The van der Waals surface area contributed by atoms with Crippen molar-refractivity contribution < 1.29 is 8.42 Å². The Balaban J connectivity index is 1.56. The summed E-state index contributed by atoms with van der Waals surface area (Å²) >= 11 is 0. The third kappa shape index (κ3) is 4.37. The molecule has 3 heterocycles. The van der Waals surface area contributed by atoms with Crippen LogP contribution in [0, 0.1) is 11.8 Å². The Morgan fingerprint density at radius 1 is 1.31 bits per heavy atom. The van der Waals surface area contributed by atoms with Crippen LogP contribution in [0.4, 0.5) is 0 Å². The summed E-state index contributed by atoms with van der Waals surface area (Å²) in [7, 11) is -1.27. The smallest absolute Gasteiger partial charge is 0.211 e. The number of aromatic nitrogens is 2. The number of piperidine rings is 1. The first-order valence-electron chi connectivity index (χ1n) is 9.26. The number of guanidine groups is 1. The molecule has 1 aromatic rings. The number of nitrogens with zero attached hydrogens (tertiary/aromatic N) is 5. The lowest BCUT2D eigenvalue weighted by molar-refractivity contribution is 0.188. The third-order valence-corrected chi connectivity index (χ3v) is 6.87. The van der Waals surface area contributed by atoms with Crippen LogP contribution in [0.5, 0.6) is 0 Å². The highest BCUT2D eigenvalue weighted by atomic mass is 32.2. The van der Waals surface area contributed by atoms with E-state index in [1.807, 2.05) is 25.8 Å². The lowest BCUT2D eigenvalue weighted by Crippen LogP contribution is -2.49. The number of imidazole rings is 1. The molecule has 2 aliphatic heterocycles. The van der Waals surface area contributed by atoms with Crippen molar-refractivity contribution in [1.82, 2.24) is 24.1 Å². The largest absolute Gasteiger partial charge is 0.356 e. The maximum absolute atomic E-state index is 11.7. The molecular weight excluding hydrogens is 352 g/mol. The van der Waals surface area contributed by atoms with E-state index in [4.69, 9.17) is 0 Å². The minimum absolute atomic E-state index is 0.328. The van der Waals surface area contributed by atoms with Gasteiger partial charge in [-0.1, -0.05) is 6.92 Å². The number of rotatable bonds is 4. The second-order valence-electron chi connectivity index (χ2n) is 7.49. The van der Waals surface area contributed by atoms with Crippen LogP contribution in [0.2, 0.25) is 0 Å². The predicted octanol–water partition coefficient (Wildman–Crippen LogP) is 0.623. The molecule has 2 saturated heterocycles. The van der Waals surface area contributed by atoms with E-state index >= 15 is 0 Å². The Kier molecular flexibility index (Phi) is 5.86. The van der Waals surface area contributed by atoms with E-state index in [2.05, 4.69) is 31.7 Å². The van der Waals surface area contributed by atoms with Crippen molar-refractivity contribution in [2.75, 3.05) is 46.0 Å². The van der Waals surface area contributed by atoms with Gasteiger partial charge in [-0.15, -0.1) is 0 Å². The zero-order valence-corrected chi connectivity index (χ0v) is 16.7. The highest BCUT2D eigenvalue weighted by molar-refractivity contribution is 7.88. The molecule has 1 N–H and O–H groups in total. The number of sulfonamides is 1. The summed E-state index contributed by atoms with van der Waals surface area (Å²) in [6.45, 7) is 6.13. The molecule has 146 valence electrons. The summed E-state index contributed by atoms with van der Waals surface area (Å²) in [6.07, 6.45) is 9.03.